The predicted octanol–water partition coefficient (Wildman–Crippen LogP) is 1.90. The molecule has 0 aromatic carbocycles. The fourth-order valence-corrected chi connectivity index (χ4v) is 2.79. The van der Waals surface area contributed by atoms with Crippen molar-refractivity contribution in [3.05, 3.63) is 0 Å². The van der Waals surface area contributed by atoms with Crippen molar-refractivity contribution in [1.29, 1.82) is 5.26 Å². The van der Waals surface area contributed by atoms with E-state index >= 15 is 0 Å². The predicted molar refractivity (Wildman–Crippen MR) is 71.6 cm³/mol. The molecule has 102 valence electrons. The number of amides is 1. The summed E-state index contributed by atoms with van der Waals surface area (Å²) in [5, 5.41) is 8.71. The average molecular weight is 251 g/mol. The Labute approximate surface area is 110 Å². The van der Waals surface area contributed by atoms with Crippen LogP contribution in [0.25, 0.3) is 0 Å². The minimum Gasteiger partial charge on any atom is -0.341 e. The van der Waals surface area contributed by atoms with Crippen molar-refractivity contribution in [3.8, 4) is 6.07 Å². The number of nitrogens with two attached hydrogens (primary N) is 1. The molecule has 0 heterocycles. The number of carbonyl (C=O) groups excluding carboxylic acids is 1. The molecule has 0 aromatic rings. The van der Waals surface area contributed by atoms with E-state index < -0.39 is 0 Å². The molecule has 18 heavy (non-hydrogen) atoms. The summed E-state index contributed by atoms with van der Waals surface area (Å²) in [6.07, 6.45) is 4.40. The summed E-state index contributed by atoms with van der Waals surface area (Å²) in [6.45, 7) is 5.89. The van der Waals surface area contributed by atoms with Gasteiger partial charge in [-0.15, -0.1) is 0 Å². The van der Waals surface area contributed by atoms with Gasteiger partial charge in [-0.1, -0.05) is 26.7 Å². The van der Waals surface area contributed by atoms with Gasteiger partial charge in [-0.3, -0.25) is 4.79 Å². The summed E-state index contributed by atoms with van der Waals surface area (Å²) in [7, 11) is 0. The molecule has 1 aliphatic rings. The van der Waals surface area contributed by atoms with Crippen molar-refractivity contribution in [2.75, 3.05) is 19.6 Å². The standard InChI is InChI=1S/C14H25N3O/c1-12(2)10-17(9-5-8-15)13(18)14(11-16)6-3-4-7-14/h12H,3-7,9-11,16H2,1-2H3. The summed E-state index contributed by atoms with van der Waals surface area (Å²) in [6, 6.07) is 2.12. The van der Waals surface area contributed by atoms with Crippen LogP contribution < -0.4 is 5.73 Å². The first-order valence-electron chi connectivity index (χ1n) is 6.92. The Hall–Kier alpha value is -1.08. The highest BCUT2D eigenvalue weighted by Gasteiger charge is 2.42. The molecule has 4 heteroatoms. The van der Waals surface area contributed by atoms with Crippen LogP contribution in [0.5, 0.6) is 0 Å². The topological polar surface area (TPSA) is 70.1 Å². The Bertz CT molecular complexity index is 313. The van der Waals surface area contributed by atoms with Gasteiger partial charge >= 0.3 is 0 Å². The third kappa shape index (κ3) is 3.46. The zero-order valence-corrected chi connectivity index (χ0v) is 11.6. The molecular formula is C14H25N3O. The summed E-state index contributed by atoms with van der Waals surface area (Å²) < 4.78 is 0. The molecule has 1 rings (SSSR count). The maximum Gasteiger partial charge on any atom is 0.230 e. The fraction of sp³-hybridized carbons (Fsp3) is 0.857. The monoisotopic (exact) mass is 251 g/mol. The van der Waals surface area contributed by atoms with Crippen molar-refractivity contribution in [1.82, 2.24) is 4.90 Å². The van der Waals surface area contributed by atoms with Gasteiger partial charge in [0.25, 0.3) is 0 Å². The number of nitriles is 1. The quantitative estimate of drug-likeness (QED) is 0.784. The van der Waals surface area contributed by atoms with E-state index in [1.54, 1.807) is 0 Å². The fourth-order valence-electron chi connectivity index (χ4n) is 2.79. The Kier molecular flexibility index (Phi) is 5.61. The molecule has 1 aliphatic carbocycles. The van der Waals surface area contributed by atoms with Crippen molar-refractivity contribution in [3.63, 3.8) is 0 Å². The third-order valence-corrected chi connectivity index (χ3v) is 3.77. The van der Waals surface area contributed by atoms with Gasteiger partial charge in [-0.2, -0.15) is 5.26 Å². The van der Waals surface area contributed by atoms with Gasteiger partial charge in [0.2, 0.25) is 5.91 Å². The smallest absolute Gasteiger partial charge is 0.230 e. The molecule has 0 unspecified atom stereocenters. The SMILES string of the molecule is CC(C)CN(CCC#N)C(=O)C1(CN)CCCC1. The lowest BCUT2D eigenvalue weighted by Crippen LogP contribution is -2.48. The average Bonchev–Trinajstić information content (AvgIpc) is 2.83. The first kappa shape index (κ1) is 15.0. The van der Waals surface area contributed by atoms with Crippen LogP contribution in [0.4, 0.5) is 0 Å². The van der Waals surface area contributed by atoms with Crippen LogP contribution in [-0.2, 0) is 4.79 Å². The largest absolute Gasteiger partial charge is 0.341 e. The summed E-state index contributed by atoms with van der Waals surface area (Å²) in [5.41, 5.74) is 5.51. The lowest BCUT2D eigenvalue weighted by atomic mass is 9.84. The molecule has 0 atom stereocenters. The van der Waals surface area contributed by atoms with Gasteiger partial charge in [0.1, 0.15) is 0 Å². The van der Waals surface area contributed by atoms with E-state index in [-0.39, 0.29) is 11.3 Å². The van der Waals surface area contributed by atoms with E-state index in [4.69, 9.17) is 11.0 Å². The summed E-state index contributed by atoms with van der Waals surface area (Å²) >= 11 is 0. The van der Waals surface area contributed by atoms with E-state index in [2.05, 4.69) is 19.9 Å². The van der Waals surface area contributed by atoms with E-state index in [0.717, 1.165) is 32.2 Å². The molecule has 0 spiro atoms. The zero-order valence-electron chi connectivity index (χ0n) is 11.6. The second-order valence-electron chi connectivity index (χ2n) is 5.74. The Morgan fingerprint density at radius 3 is 2.50 bits per heavy atom. The molecule has 0 radical (unpaired) electrons. The lowest BCUT2D eigenvalue weighted by Gasteiger charge is -2.34. The van der Waals surface area contributed by atoms with Crippen molar-refractivity contribution >= 4 is 5.91 Å². The van der Waals surface area contributed by atoms with Gasteiger partial charge in [0, 0.05) is 19.6 Å². The number of nitrogens with zero attached hydrogens (tertiary/aromatic N) is 2. The van der Waals surface area contributed by atoms with E-state index in [0.29, 0.717) is 25.4 Å². The van der Waals surface area contributed by atoms with Crippen molar-refractivity contribution < 1.29 is 4.79 Å². The molecule has 2 N–H and O–H groups in total. The van der Waals surface area contributed by atoms with Crippen molar-refractivity contribution in [2.45, 2.75) is 46.0 Å². The molecule has 4 nitrogen and oxygen atoms in total. The highest BCUT2D eigenvalue weighted by atomic mass is 16.2. The molecule has 0 bridgehead atoms. The second kappa shape index (κ2) is 6.75. The van der Waals surface area contributed by atoms with Gasteiger partial charge in [0.15, 0.2) is 0 Å². The van der Waals surface area contributed by atoms with Crippen LogP contribution >= 0.6 is 0 Å². The lowest BCUT2D eigenvalue weighted by molar-refractivity contribution is -0.142. The molecule has 1 fully saturated rings. The number of rotatable bonds is 6. The first-order valence-corrected chi connectivity index (χ1v) is 6.92. The minimum absolute atomic E-state index is 0.173. The molecular weight excluding hydrogens is 226 g/mol. The minimum atomic E-state index is -0.343. The third-order valence-electron chi connectivity index (χ3n) is 3.77. The van der Waals surface area contributed by atoms with Crippen molar-refractivity contribution in [2.24, 2.45) is 17.1 Å². The Morgan fingerprint density at radius 2 is 2.06 bits per heavy atom. The number of hydrogen-bond acceptors (Lipinski definition) is 3. The highest BCUT2D eigenvalue weighted by molar-refractivity contribution is 5.83. The van der Waals surface area contributed by atoms with E-state index in [9.17, 15) is 4.79 Å². The maximum atomic E-state index is 12.7. The molecule has 0 aromatic heterocycles. The Balaban J connectivity index is 2.76. The van der Waals surface area contributed by atoms with Crippen LogP contribution in [0.1, 0.15) is 46.0 Å². The van der Waals surface area contributed by atoms with Gasteiger partial charge < -0.3 is 10.6 Å². The van der Waals surface area contributed by atoms with Gasteiger partial charge in [-0.25, -0.2) is 0 Å². The molecule has 0 saturated heterocycles. The van der Waals surface area contributed by atoms with Gasteiger partial charge in [0.05, 0.1) is 17.9 Å². The van der Waals surface area contributed by atoms with Crippen LogP contribution in [0.3, 0.4) is 0 Å². The van der Waals surface area contributed by atoms with Crippen LogP contribution in [-0.4, -0.2) is 30.4 Å². The Morgan fingerprint density at radius 1 is 1.44 bits per heavy atom. The molecule has 1 amide bonds. The summed E-state index contributed by atoms with van der Waals surface area (Å²) in [5.74, 6) is 0.593. The maximum absolute atomic E-state index is 12.7. The first-order chi connectivity index (χ1) is 8.55. The zero-order chi connectivity index (χ0) is 13.6. The van der Waals surface area contributed by atoms with Crippen LogP contribution in [0, 0.1) is 22.7 Å². The number of carbonyl (C=O) groups is 1. The van der Waals surface area contributed by atoms with Crippen LogP contribution in [0.2, 0.25) is 0 Å². The van der Waals surface area contributed by atoms with E-state index in [1.807, 2.05) is 4.90 Å². The normalized spacial score (nSPS) is 17.7. The molecule has 0 aliphatic heterocycles. The van der Waals surface area contributed by atoms with Crippen LogP contribution in [0.15, 0.2) is 0 Å². The summed E-state index contributed by atoms with van der Waals surface area (Å²) in [4.78, 5) is 14.5. The second-order valence-corrected chi connectivity index (χ2v) is 5.74. The van der Waals surface area contributed by atoms with Gasteiger partial charge in [-0.05, 0) is 18.8 Å². The number of hydrogen-bond donors (Lipinski definition) is 1. The highest BCUT2D eigenvalue weighted by Crippen LogP contribution is 2.39. The van der Waals surface area contributed by atoms with E-state index in [1.165, 1.54) is 0 Å². The molecule has 1 saturated carbocycles.